The summed E-state index contributed by atoms with van der Waals surface area (Å²) in [6, 6.07) is 7.99. The number of methoxy groups -OCH3 is 1. The fraction of sp³-hybridized carbons (Fsp3) is 0.625. The second-order valence-corrected chi connectivity index (χ2v) is 5.69. The third-order valence-electron chi connectivity index (χ3n) is 4.01. The van der Waals surface area contributed by atoms with Crippen LogP contribution in [-0.2, 0) is 0 Å². The topological polar surface area (TPSA) is 41.9 Å². The Labute approximate surface area is 121 Å². The molecule has 0 bridgehead atoms. The second kappa shape index (κ2) is 6.95. The first-order valence-corrected chi connectivity index (χ1v) is 7.29. The lowest BCUT2D eigenvalue weighted by Gasteiger charge is -2.22. The number of rotatable bonds is 6. The Hall–Kier alpha value is -1.26. The number of hydrogen-bond donors (Lipinski definition) is 1. The summed E-state index contributed by atoms with van der Waals surface area (Å²) in [5.41, 5.74) is 0. The van der Waals surface area contributed by atoms with Crippen molar-refractivity contribution in [2.75, 3.05) is 26.8 Å². The monoisotopic (exact) mass is 279 g/mol. The van der Waals surface area contributed by atoms with Gasteiger partial charge in [0, 0.05) is 18.5 Å². The van der Waals surface area contributed by atoms with Gasteiger partial charge in [0.1, 0.15) is 18.1 Å². The van der Waals surface area contributed by atoms with E-state index >= 15 is 0 Å². The number of likely N-dealkylation sites (tertiary alicyclic amines) is 1. The van der Waals surface area contributed by atoms with Gasteiger partial charge in [0.15, 0.2) is 0 Å². The highest BCUT2D eigenvalue weighted by atomic mass is 16.5. The lowest BCUT2D eigenvalue weighted by Crippen LogP contribution is -2.33. The third-order valence-corrected chi connectivity index (χ3v) is 4.01. The zero-order valence-corrected chi connectivity index (χ0v) is 12.6. The highest BCUT2D eigenvalue weighted by molar-refractivity contribution is 5.31. The van der Waals surface area contributed by atoms with E-state index in [2.05, 4.69) is 18.7 Å². The van der Waals surface area contributed by atoms with Crippen LogP contribution in [0.2, 0.25) is 0 Å². The zero-order chi connectivity index (χ0) is 14.5. The highest BCUT2D eigenvalue weighted by Crippen LogP contribution is 2.23. The van der Waals surface area contributed by atoms with E-state index in [1.165, 1.54) is 0 Å². The largest absolute Gasteiger partial charge is 0.497 e. The summed E-state index contributed by atoms with van der Waals surface area (Å²) in [5, 5.41) is 10.2. The van der Waals surface area contributed by atoms with Gasteiger partial charge in [-0.05, 0) is 51.1 Å². The maximum absolute atomic E-state index is 10.2. The van der Waals surface area contributed by atoms with Crippen molar-refractivity contribution in [2.24, 2.45) is 5.92 Å². The smallest absolute Gasteiger partial charge is 0.119 e. The minimum absolute atomic E-state index is 0.315. The fourth-order valence-electron chi connectivity index (χ4n) is 2.59. The van der Waals surface area contributed by atoms with Crippen molar-refractivity contribution in [1.82, 2.24) is 4.90 Å². The summed E-state index contributed by atoms with van der Waals surface area (Å²) in [4.78, 5) is 2.40. The van der Waals surface area contributed by atoms with Crippen LogP contribution in [0.25, 0.3) is 0 Å². The van der Waals surface area contributed by atoms with Crippen molar-refractivity contribution in [3.05, 3.63) is 24.3 Å². The highest BCUT2D eigenvalue weighted by Gasteiger charge is 2.29. The van der Waals surface area contributed by atoms with E-state index in [0.29, 0.717) is 18.6 Å². The molecule has 2 unspecified atom stereocenters. The molecule has 4 heteroatoms. The molecule has 112 valence electrons. The number of aliphatic hydroxyl groups excluding tert-OH is 1. The van der Waals surface area contributed by atoms with Gasteiger partial charge < -0.3 is 19.5 Å². The van der Waals surface area contributed by atoms with E-state index < -0.39 is 6.10 Å². The Balaban J connectivity index is 1.78. The van der Waals surface area contributed by atoms with Crippen LogP contribution >= 0.6 is 0 Å². The molecule has 20 heavy (non-hydrogen) atoms. The van der Waals surface area contributed by atoms with Crippen molar-refractivity contribution < 1.29 is 14.6 Å². The van der Waals surface area contributed by atoms with Crippen molar-refractivity contribution in [2.45, 2.75) is 32.4 Å². The summed E-state index contributed by atoms with van der Waals surface area (Å²) >= 11 is 0. The zero-order valence-electron chi connectivity index (χ0n) is 12.6. The normalized spacial score (nSPS) is 21.1. The molecule has 0 aromatic heterocycles. The standard InChI is InChI=1S/C16H25NO3/c1-12(2)17-9-8-13(10-17)16(18)11-20-15-6-4-14(19-3)5-7-15/h4-7,12-13,16,18H,8-11H2,1-3H3. The van der Waals surface area contributed by atoms with Gasteiger partial charge in [-0.2, -0.15) is 0 Å². The Kier molecular flexibility index (Phi) is 5.26. The predicted molar refractivity (Wildman–Crippen MR) is 79.3 cm³/mol. The molecule has 1 aromatic rings. The van der Waals surface area contributed by atoms with Gasteiger partial charge in [-0.15, -0.1) is 0 Å². The van der Waals surface area contributed by atoms with Crippen molar-refractivity contribution in [3.8, 4) is 11.5 Å². The van der Waals surface area contributed by atoms with Gasteiger partial charge in [-0.3, -0.25) is 0 Å². The number of hydrogen-bond acceptors (Lipinski definition) is 4. The molecule has 0 aliphatic carbocycles. The SMILES string of the molecule is COc1ccc(OCC(O)C2CCN(C(C)C)C2)cc1. The van der Waals surface area contributed by atoms with E-state index in [-0.39, 0.29) is 0 Å². The summed E-state index contributed by atoms with van der Waals surface area (Å²) < 4.78 is 10.8. The van der Waals surface area contributed by atoms with Crippen molar-refractivity contribution in [1.29, 1.82) is 0 Å². The first-order valence-electron chi connectivity index (χ1n) is 7.29. The molecule has 1 fully saturated rings. The molecule has 1 saturated heterocycles. The van der Waals surface area contributed by atoms with Crippen molar-refractivity contribution >= 4 is 0 Å². The summed E-state index contributed by atoms with van der Waals surface area (Å²) in [6.07, 6.45) is 0.645. The molecule has 1 aromatic carbocycles. The Bertz CT molecular complexity index is 405. The van der Waals surface area contributed by atoms with E-state index in [1.54, 1.807) is 7.11 Å². The average Bonchev–Trinajstić information content (AvgIpc) is 2.95. The van der Waals surface area contributed by atoms with Crippen LogP contribution in [0.3, 0.4) is 0 Å². The molecule has 2 rings (SSSR count). The quantitative estimate of drug-likeness (QED) is 0.866. The van der Waals surface area contributed by atoms with Gasteiger partial charge in [0.2, 0.25) is 0 Å². The molecule has 1 aliphatic rings. The third kappa shape index (κ3) is 3.87. The Morgan fingerprint density at radius 1 is 1.25 bits per heavy atom. The summed E-state index contributed by atoms with van der Waals surface area (Å²) in [7, 11) is 1.64. The van der Waals surface area contributed by atoms with Crippen LogP contribution in [0.5, 0.6) is 11.5 Å². The molecule has 1 heterocycles. The Morgan fingerprint density at radius 2 is 1.90 bits per heavy atom. The lowest BCUT2D eigenvalue weighted by atomic mass is 10.0. The molecule has 1 aliphatic heterocycles. The molecular weight excluding hydrogens is 254 g/mol. The molecule has 2 atom stereocenters. The number of nitrogens with zero attached hydrogens (tertiary/aromatic N) is 1. The molecule has 0 amide bonds. The maximum atomic E-state index is 10.2. The van der Waals surface area contributed by atoms with Crippen LogP contribution in [-0.4, -0.2) is 49.0 Å². The number of ether oxygens (including phenoxy) is 2. The minimum Gasteiger partial charge on any atom is -0.497 e. The first kappa shape index (κ1) is 15.1. The van der Waals surface area contributed by atoms with E-state index in [0.717, 1.165) is 31.0 Å². The summed E-state index contributed by atoms with van der Waals surface area (Å²) in [6.45, 7) is 6.78. The van der Waals surface area contributed by atoms with Crippen molar-refractivity contribution in [3.63, 3.8) is 0 Å². The maximum Gasteiger partial charge on any atom is 0.119 e. The predicted octanol–water partition coefficient (Wildman–Crippen LogP) is 2.17. The molecular formula is C16H25NO3. The molecule has 4 nitrogen and oxygen atoms in total. The van der Waals surface area contributed by atoms with Gasteiger partial charge in [-0.1, -0.05) is 0 Å². The lowest BCUT2D eigenvalue weighted by molar-refractivity contribution is 0.0583. The van der Waals surface area contributed by atoms with Crippen LogP contribution in [0, 0.1) is 5.92 Å². The minimum atomic E-state index is -0.402. The van der Waals surface area contributed by atoms with Crippen LogP contribution < -0.4 is 9.47 Å². The van der Waals surface area contributed by atoms with Crippen LogP contribution in [0.4, 0.5) is 0 Å². The van der Waals surface area contributed by atoms with Crippen LogP contribution in [0.1, 0.15) is 20.3 Å². The van der Waals surface area contributed by atoms with Gasteiger partial charge in [-0.25, -0.2) is 0 Å². The van der Waals surface area contributed by atoms with Gasteiger partial charge in [0.05, 0.1) is 13.2 Å². The molecule has 0 saturated carbocycles. The number of benzene rings is 1. The molecule has 1 N–H and O–H groups in total. The summed E-state index contributed by atoms with van der Waals surface area (Å²) in [5.74, 6) is 1.89. The Morgan fingerprint density at radius 3 is 2.45 bits per heavy atom. The van der Waals surface area contributed by atoms with E-state index in [1.807, 2.05) is 24.3 Å². The number of aliphatic hydroxyl groups is 1. The fourth-order valence-corrected chi connectivity index (χ4v) is 2.59. The first-order chi connectivity index (χ1) is 9.60. The average molecular weight is 279 g/mol. The second-order valence-electron chi connectivity index (χ2n) is 5.69. The molecule has 0 spiro atoms. The van der Waals surface area contributed by atoms with Crippen LogP contribution in [0.15, 0.2) is 24.3 Å². The van der Waals surface area contributed by atoms with Gasteiger partial charge in [0.25, 0.3) is 0 Å². The van der Waals surface area contributed by atoms with E-state index in [9.17, 15) is 5.11 Å². The van der Waals surface area contributed by atoms with Gasteiger partial charge >= 0.3 is 0 Å². The molecule has 0 radical (unpaired) electrons. The van der Waals surface area contributed by atoms with E-state index in [4.69, 9.17) is 9.47 Å².